The van der Waals surface area contributed by atoms with Gasteiger partial charge in [0.15, 0.2) is 11.5 Å². The molecule has 0 spiro atoms. The summed E-state index contributed by atoms with van der Waals surface area (Å²) in [4.78, 5) is 0. The fourth-order valence-electron chi connectivity index (χ4n) is 1.08. The highest BCUT2D eigenvalue weighted by molar-refractivity contribution is 5.44. The molecule has 1 aliphatic heterocycles. The van der Waals surface area contributed by atoms with Crippen molar-refractivity contribution in [2.24, 2.45) is 5.73 Å². The van der Waals surface area contributed by atoms with E-state index in [0.29, 0.717) is 0 Å². The van der Waals surface area contributed by atoms with Gasteiger partial charge in [-0.15, -0.1) is 0 Å². The molecule has 2 rings (SSSR count). The van der Waals surface area contributed by atoms with Crippen LogP contribution in [-0.2, 0) is 0 Å². The molecule has 0 radical (unpaired) electrons. The van der Waals surface area contributed by atoms with Crippen LogP contribution in [0.15, 0.2) is 18.2 Å². The van der Waals surface area contributed by atoms with Gasteiger partial charge in [0.2, 0.25) is 0 Å². The summed E-state index contributed by atoms with van der Waals surface area (Å²) in [5.74, 6) is 1.46. The quantitative estimate of drug-likeness (QED) is 0.601. The Kier molecular flexibility index (Phi) is 1.26. The molecule has 3 heteroatoms. The van der Waals surface area contributed by atoms with Crippen molar-refractivity contribution in [3.8, 4) is 11.5 Å². The molecule has 0 fully saturated rings. The molecule has 2 N–H and O–H groups in total. The molecule has 0 amide bonds. The van der Waals surface area contributed by atoms with Gasteiger partial charge in [0.1, 0.15) is 0 Å². The van der Waals surface area contributed by atoms with Gasteiger partial charge in [-0.1, -0.05) is 6.07 Å². The monoisotopic (exact) mass is 151 g/mol. The molecule has 58 valence electrons. The van der Waals surface area contributed by atoms with Crippen LogP contribution in [0, 0.1) is 6.92 Å². The first-order valence-electron chi connectivity index (χ1n) is 3.45. The number of hydrogen-bond acceptors (Lipinski definition) is 3. The van der Waals surface area contributed by atoms with E-state index in [9.17, 15) is 0 Å². The van der Waals surface area contributed by atoms with Gasteiger partial charge >= 0.3 is 0 Å². The largest absolute Gasteiger partial charge is 0.438 e. The molecule has 1 unspecified atom stereocenters. The maximum atomic E-state index is 5.39. The third-order valence-electron chi connectivity index (χ3n) is 1.59. The molecule has 1 atom stereocenters. The zero-order chi connectivity index (χ0) is 7.84. The fourth-order valence-corrected chi connectivity index (χ4v) is 1.08. The van der Waals surface area contributed by atoms with E-state index in [1.807, 2.05) is 25.1 Å². The molecular weight excluding hydrogens is 142 g/mol. The second-order valence-corrected chi connectivity index (χ2v) is 2.55. The number of ether oxygens (including phenoxy) is 2. The van der Waals surface area contributed by atoms with E-state index < -0.39 is 6.41 Å². The number of nitrogens with two attached hydrogens (primary N) is 1. The van der Waals surface area contributed by atoms with Crippen molar-refractivity contribution in [1.82, 2.24) is 0 Å². The van der Waals surface area contributed by atoms with E-state index in [4.69, 9.17) is 15.2 Å². The van der Waals surface area contributed by atoms with E-state index in [2.05, 4.69) is 0 Å². The molecule has 0 saturated carbocycles. The third-order valence-corrected chi connectivity index (χ3v) is 1.59. The molecule has 3 nitrogen and oxygen atoms in total. The summed E-state index contributed by atoms with van der Waals surface area (Å²) in [6, 6.07) is 5.72. The number of benzene rings is 1. The first-order chi connectivity index (χ1) is 5.25. The van der Waals surface area contributed by atoms with Gasteiger partial charge in [-0.3, -0.25) is 5.73 Å². The molecule has 0 aromatic heterocycles. The smallest absolute Gasteiger partial charge is 0.300 e. The minimum Gasteiger partial charge on any atom is -0.438 e. The van der Waals surface area contributed by atoms with Crippen molar-refractivity contribution < 1.29 is 9.47 Å². The Bertz CT molecular complexity index is 285. The summed E-state index contributed by atoms with van der Waals surface area (Å²) in [6.45, 7) is 1.99. The Balaban J connectivity index is 2.43. The van der Waals surface area contributed by atoms with Gasteiger partial charge in [0.25, 0.3) is 6.41 Å². The van der Waals surface area contributed by atoms with Crippen molar-refractivity contribution >= 4 is 0 Å². The van der Waals surface area contributed by atoms with Crippen molar-refractivity contribution in [3.05, 3.63) is 23.8 Å². The highest BCUT2D eigenvalue weighted by Crippen LogP contribution is 2.33. The van der Waals surface area contributed by atoms with Gasteiger partial charge < -0.3 is 9.47 Å². The molecule has 0 aliphatic carbocycles. The van der Waals surface area contributed by atoms with Crippen LogP contribution in [0.4, 0.5) is 0 Å². The fraction of sp³-hybridized carbons (Fsp3) is 0.250. The lowest BCUT2D eigenvalue weighted by atomic mass is 10.2. The minimum absolute atomic E-state index is 0.633. The Morgan fingerprint density at radius 3 is 2.82 bits per heavy atom. The van der Waals surface area contributed by atoms with Crippen LogP contribution in [0.3, 0.4) is 0 Å². The molecule has 11 heavy (non-hydrogen) atoms. The highest BCUT2D eigenvalue weighted by Gasteiger charge is 2.19. The van der Waals surface area contributed by atoms with Crippen LogP contribution >= 0.6 is 0 Å². The van der Waals surface area contributed by atoms with Crippen LogP contribution in [0.25, 0.3) is 0 Å². The predicted octanol–water partition coefficient (Wildman–Crippen LogP) is 1.01. The molecule has 1 heterocycles. The molecule has 1 aromatic carbocycles. The number of rotatable bonds is 0. The van der Waals surface area contributed by atoms with E-state index in [1.165, 1.54) is 0 Å². The summed E-state index contributed by atoms with van der Waals surface area (Å²) in [7, 11) is 0. The number of fused-ring (bicyclic) bond motifs is 1. The van der Waals surface area contributed by atoms with E-state index >= 15 is 0 Å². The maximum absolute atomic E-state index is 5.39. The maximum Gasteiger partial charge on any atom is 0.300 e. The molecular formula is C8H9NO2. The molecule has 0 bridgehead atoms. The summed E-state index contributed by atoms with van der Waals surface area (Å²) in [5, 5.41) is 0. The lowest BCUT2D eigenvalue weighted by molar-refractivity contribution is 0.0562. The van der Waals surface area contributed by atoms with Gasteiger partial charge in [-0.25, -0.2) is 0 Å². The van der Waals surface area contributed by atoms with Crippen LogP contribution < -0.4 is 15.2 Å². The Morgan fingerprint density at radius 2 is 2.00 bits per heavy atom. The van der Waals surface area contributed by atoms with Crippen molar-refractivity contribution in [3.63, 3.8) is 0 Å². The minimum atomic E-state index is -0.633. The Hall–Kier alpha value is -1.22. The average molecular weight is 151 g/mol. The van der Waals surface area contributed by atoms with Crippen molar-refractivity contribution in [2.45, 2.75) is 13.3 Å². The second-order valence-electron chi connectivity index (χ2n) is 2.55. The van der Waals surface area contributed by atoms with Crippen molar-refractivity contribution in [2.75, 3.05) is 0 Å². The zero-order valence-electron chi connectivity index (χ0n) is 6.20. The lowest BCUT2D eigenvalue weighted by Crippen LogP contribution is -2.28. The Labute approximate surface area is 64.7 Å². The summed E-state index contributed by atoms with van der Waals surface area (Å²) < 4.78 is 10.3. The second kappa shape index (κ2) is 2.13. The normalized spacial score (nSPS) is 20.4. The zero-order valence-corrected chi connectivity index (χ0v) is 6.20. The number of hydrogen-bond donors (Lipinski definition) is 1. The molecule has 1 aliphatic rings. The average Bonchev–Trinajstić information content (AvgIpc) is 2.27. The van der Waals surface area contributed by atoms with Crippen LogP contribution in [0.2, 0.25) is 0 Å². The Morgan fingerprint density at radius 1 is 1.27 bits per heavy atom. The summed E-state index contributed by atoms with van der Waals surface area (Å²) in [6.07, 6.45) is -0.633. The lowest BCUT2D eigenvalue weighted by Gasteiger charge is -1.99. The first-order valence-corrected chi connectivity index (χ1v) is 3.45. The summed E-state index contributed by atoms with van der Waals surface area (Å²) in [5.41, 5.74) is 6.53. The molecule has 1 aromatic rings. The van der Waals surface area contributed by atoms with Gasteiger partial charge in [-0.2, -0.15) is 0 Å². The standard InChI is InChI=1S/C8H9NO2/c1-5-2-3-6-7(4-5)11-8(9)10-6/h2-4,8H,9H2,1H3. The van der Waals surface area contributed by atoms with E-state index in [1.54, 1.807) is 0 Å². The van der Waals surface area contributed by atoms with Crippen LogP contribution in [0.1, 0.15) is 5.56 Å². The van der Waals surface area contributed by atoms with Crippen LogP contribution in [0.5, 0.6) is 11.5 Å². The highest BCUT2D eigenvalue weighted by atomic mass is 16.7. The van der Waals surface area contributed by atoms with Gasteiger partial charge in [0, 0.05) is 0 Å². The van der Waals surface area contributed by atoms with E-state index in [0.717, 1.165) is 17.1 Å². The van der Waals surface area contributed by atoms with E-state index in [-0.39, 0.29) is 0 Å². The first kappa shape index (κ1) is 6.49. The summed E-state index contributed by atoms with van der Waals surface area (Å²) >= 11 is 0. The van der Waals surface area contributed by atoms with Gasteiger partial charge in [0.05, 0.1) is 0 Å². The number of aryl methyl sites for hydroxylation is 1. The van der Waals surface area contributed by atoms with Gasteiger partial charge in [-0.05, 0) is 24.6 Å². The van der Waals surface area contributed by atoms with Crippen molar-refractivity contribution in [1.29, 1.82) is 0 Å². The predicted molar refractivity (Wildman–Crippen MR) is 40.4 cm³/mol. The van der Waals surface area contributed by atoms with Crippen LogP contribution in [-0.4, -0.2) is 6.41 Å². The topological polar surface area (TPSA) is 44.5 Å². The molecule has 0 saturated heterocycles. The third kappa shape index (κ3) is 1.03. The SMILES string of the molecule is Cc1ccc2c(c1)OC(N)O2.